The van der Waals surface area contributed by atoms with Crippen molar-refractivity contribution in [3.05, 3.63) is 160 Å². The normalized spacial score (nSPS) is 20.4. The first kappa shape index (κ1) is 43.7. The van der Waals surface area contributed by atoms with Crippen LogP contribution >= 0.6 is 0 Å². The van der Waals surface area contributed by atoms with Crippen LogP contribution in [0, 0.1) is 6.92 Å². The lowest BCUT2D eigenvalue weighted by molar-refractivity contribution is 0.331. The van der Waals surface area contributed by atoms with Gasteiger partial charge in [-0.15, -0.1) is 0 Å². The van der Waals surface area contributed by atoms with Crippen molar-refractivity contribution < 1.29 is 0 Å². The predicted octanol–water partition coefficient (Wildman–Crippen LogP) is 16.6. The Morgan fingerprint density at radius 2 is 0.868 bits per heavy atom. The maximum Gasteiger partial charge on any atom is 0.333 e. The van der Waals surface area contributed by atoms with Gasteiger partial charge in [0.25, 0.3) is 0 Å². The molecule has 0 atom stereocenters. The maximum absolute atomic E-state index is 2.79. The summed E-state index contributed by atoms with van der Waals surface area (Å²) in [5.41, 5.74) is 25.4. The number of anilines is 5. The van der Waals surface area contributed by atoms with Gasteiger partial charge in [0.15, 0.2) is 0 Å². The lowest BCUT2D eigenvalue weighted by atomic mass is 9.42. The molecule has 0 fully saturated rings. The van der Waals surface area contributed by atoms with Gasteiger partial charge in [-0.3, -0.25) is 0 Å². The second-order valence-electron chi connectivity index (χ2n) is 25.8. The van der Waals surface area contributed by atoms with Crippen molar-refractivity contribution in [1.82, 2.24) is 0 Å². The topological polar surface area (TPSA) is 6.48 Å². The van der Waals surface area contributed by atoms with E-state index >= 15 is 0 Å². The summed E-state index contributed by atoms with van der Waals surface area (Å²) < 4.78 is 0. The van der Waals surface area contributed by atoms with Crippen molar-refractivity contribution in [2.75, 3.05) is 9.71 Å². The van der Waals surface area contributed by atoms with Crippen LogP contribution in [0.3, 0.4) is 0 Å². The van der Waals surface area contributed by atoms with E-state index in [1.165, 1.54) is 150 Å². The first-order chi connectivity index (χ1) is 32.1. The second kappa shape index (κ2) is 14.3. The van der Waals surface area contributed by atoms with Crippen LogP contribution in [0.25, 0.3) is 33.0 Å². The Hall–Kier alpha value is -5.54. The molecule has 0 unspecified atom stereocenters. The zero-order valence-electron chi connectivity index (χ0n) is 43.3. The number of benzene rings is 7. The zero-order valence-corrected chi connectivity index (χ0v) is 43.3. The molecule has 0 bridgehead atoms. The van der Waals surface area contributed by atoms with Crippen molar-refractivity contribution in [3.8, 4) is 22.3 Å². The summed E-state index contributed by atoms with van der Waals surface area (Å²) in [7, 11) is 0. The Bertz CT molecular complexity index is 3250. The first-order valence-corrected chi connectivity index (χ1v) is 25.9. The lowest BCUT2D eigenvalue weighted by Crippen LogP contribution is -2.62. The molecule has 5 aliphatic rings. The number of nitrogens with zero attached hydrogens (tertiary/aromatic N) is 2. The Balaban J connectivity index is 1.24. The molecule has 0 saturated heterocycles. The van der Waals surface area contributed by atoms with Gasteiger partial charge in [0, 0.05) is 34.0 Å². The van der Waals surface area contributed by atoms with E-state index in [0.29, 0.717) is 0 Å². The molecule has 0 amide bonds. The molecule has 2 nitrogen and oxygen atoms in total. The van der Waals surface area contributed by atoms with E-state index in [-0.39, 0.29) is 39.3 Å². The standard InChI is InChI=1S/C65H71BN2/c1-40-33-47-50(63(8,9)30-27-60(47,2)3)37-54(40)67-56-39-52-49(62(6,7)29-32-65(52,12)13)36-53(56)66-59-57(67)34-43-21-17-18-22-45(43)58(59)46-35-48-51(64(10,11)31-28-61(48,4)5)38-55(46)68(66)44-25-23-42(24-26-44)41-19-15-14-16-20-41/h14-26,33-39H,27-32H2,1-13H3. The molecule has 2 heterocycles. The fraction of sp³-hybridized carbons (Fsp3) is 0.385. The van der Waals surface area contributed by atoms with Crippen LogP contribution in [-0.4, -0.2) is 6.85 Å². The van der Waals surface area contributed by atoms with E-state index in [1.54, 1.807) is 0 Å². The smallest absolute Gasteiger partial charge is 0.333 e. The fourth-order valence-electron chi connectivity index (χ4n) is 13.8. The Morgan fingerprint density at radius 1 is 0.412 bits per heavy atom. The van der Waals surface area contributed by atoms with Gasteiger partial charge in [0.2, 0.25) is 0 Å². The highest BCUT2D eigenvalue weighted by Crippen LogP contribution is 2.57. The molecular formula is C65H71BN2. The van der Waals surface area contributed by atoms with Gasteiger partial charge < -0.3 is 9.71 Å². The van der Waals surface area contributed by atoms with Crippen LogP contribution in [0.15, 0.2) is 121 Å². The van der Waals surface area contributed by atoms with Crippen LogP contribution in [0.4, 0.5) is 28.4 Å². The van der Waals surface area contributed by atoms with E-state index in [1.807, 2.05) is 0 Å². The minimum atomic E-state index is -0.0665. The molecule has 7 aromatic carbocycles. The largest absolute Gasteiger partial charge is 0.376 e. The quantitative estimate of drug-likeness (QED) is 0.163. The molecule has 0 aromatic heterocycles. The minimum Gasteiger partial charge on any atom is -0.376 e. The summed E-state index contributed by atoms with van der Waals surface area (Å²) in [5, 5.41) is 2.64. The summed E-state index contributed by atoms with van der Waals surface area (Å²) in [4.78, 5) is 5.55. The molecule has 3 heteroatoms. The molecule has 0 N–H and O–H groups in total. The highest BCUT2D eigenvalue weighted by atomic mass is 15.2. The molecule has 2 aliphatic heterocycles. The number of hydrogen-bond acceptors (Lipinski definition) is 2. The van der Waals surface area contributed by atoms with E-state index in [4.69, 9.17) is 0 Å². The second-order valence-corrected chi connectivity index (χ2v) is 25.8. The van der Waals surface area contributed by atoms with E-state index in [0.717, 1.165) is 0 Å². The number of aryl methyl sites for hydroxylation is 1. The molecule has 0 saturated carbocycles. The number of rotatable bonds is 3. The van der Waals surface area contributed by atoms with Crippen molar-refractivity contribution in [2.45, 2.75) is 161 Å². The Labute approximate surface area is 408 Å². The van der Waals surface area contributed by atoms with Gasteiger partial charge in [-0.1, -0.05) is 162 Å². The minimum absolute atomic E-state index is 0.0396. The van der Waals surface area contributed by atoms with Crippen LogP contribution < -0.4 is 20.6 Å². The van der Waals surface area contributed by atoms with Crippen molar-refractivity contribution in [3.63, 3.8) is 0 Å². The van der Waals surface area contributed by atoms with Crippen LogP contribution in [0.1, 0.15) is 161 Å². The SMILES string of the molecule is Cc1cc2c(cc1N1c3cc4c(cc3B3c5c1cc1ccccc1c5-c1cc5c(cc1N3c1ccc(-c3ccccc3)cc1)C(C)(C)CCC5(C)C)C(C)(C)CCC4(C)C)C(C)(C)CCC2(C)C. The van der Waals surface area contributed by atoms with Gasteiger partial charge in [0.05, 0.1) is 0 Å². The molecule has 344 valence electrons. The van der Waals surface area contributed by atoms with Crippen molar-refractivity contribution in [1.29, 1.82) is 0 Å². The molecule has 12 rings (SSSR count). The monoisotopic (exact) mass is 891 g/mol. The van der Waals surface area contributed by atoms with Crippen molar-refractivity contribution in [2.24, 2.45) is 0 Å². The highest BCUT2D eigenvalue weighted by Gasteiger charge is 2.50. The van der Waals surface area contributed by atoms with E-state index in [9.17, 15) is 0 Å². The predicted molar refractivity (Wildman–Crippen MR) is 294 cm³/mol. The van der Waals surface area contributed by atoms with Gasteiger partial charge in [-0.05, 0) is 198 Å². The third-order valence-corrected chi connectivity index (χ3v) is 18.5. The van der Waals surface area contributed by atoms with Gasteiger partial charge in [-0.2, -0.15) is 0 Å². The van der Waals surface area contributed by atoms with E-state index in [2.05, 4.69) is 221 Å². The summed E-state index contributed by atoms with van der Waals surface area (Å²) in [6, 6.07) is 48.3. The van der Waals surface area contributed by atoms with Crippen molar-refractivity contribution >= 4 is 57.0 Å². The highest BCUT2D eigenvalue weighted by molar-refractivity contribution is 6.94. The maximum atomic E-state index is 2.79. The van der Waals surface area contributed by atoms with Gasteiger partial charge in [0.1, 0.15) is 0 Å². The molecule has 68 heavy (non-hydrogen) atoms. The third kappa shape index (κ3) is 6.28. The fourth-order valence-corrected chi connectivity index (χ4v) is 13.8. The Morgan fingerprint density at radius 3 is 1.44 bits per heavy atom. The summed E-state index contributed by atoms with van der Waals surface area (Å²) in [6.07, 6.45) is 7.08. The van der Waals surface area contributed by atoms with Gasteiger partial charge >= 0.3 is 6.85 Å². The van der Waals surface area contributed by atoms with Gasteiger partial charge in [-0.25, -0.2) is 0 Å². The average molecular weight is 891 g/mol. The zero-order chi connectivity index (χ0) is 47.7. The summed E-state index contributed by atoms with van der Waals surface area (Å²) in [6.45, 7) is 32.2. The molecule has 0 spiro atoms. The third-order valence-electron chi connectivity index (χ3n) is 18.5. The van der Waals surface area contributed by atoms with Crippen LogP contribution in [0.5, 0.6) is 0 Å². The number of fused-ring (bicyclic) bond motifs is 9. The van der Waals surface area contributed by atoms with Crippen LogP contribution in [0.2, 0.25) is 0 Å². The lowest BCUT2D eigenvalue weighted by Gasteiger charge is -2.50. The Kier molecular flexibility index (Phi) is 9.18. The average Bonchev–Trinajstić information content (AvgIpc) is 3.30. The van der Waals surface area contributed by atoms with E-state index < -0.39 is 0 Å². The first-order valence-electron chi connectivity index (χ1n) is 25.9. The van der Waals surface area contributed by atoms with Crippen LogP contribution in [-0.2, 0) is 32.5 Å². The summed E-state index contributed by atoms with van der Waals surface area (Å²) >= 11 is 0. The molecule has 3 aliphatic carbocycles. The molecule has 0 radical (unpaired) electrons. The number of hydrogen-bond donors (Lipinski definition) is 0. The molecule has 7 aromatic rings. The summed E-state index contributed by atoms with van der Waals surface area (Å²) in [5.74, 6) is 0. The molecular weight excluding hydrogens is 820 g/mol.